The van der Waals surface area contributed by atoms with E-state index in [1.54, 1.807) is 0 Å². The Morgan fingerprint density at radius 1 is 1.36 bits per heavy atom. The van der Waals surface area contributed by atoms with Crippen LogP contribution in [0.15, 0.2) is 36.9 Å². The first-order chi connectivity index (χ1) is 10.8. The highest BCUT2D eigenvalue weighted by Gasteiger charge is 2.37. The third kappa shape index (κ3) is 2.11. The third-order valence-corrected chi connectivity index (χ3v) is 5.70. The zero-order chi connectivity index (χ0) is 15.1. The van der Waals surface area contributed by atoms with Gasteiger partial charge >= 0.3 is 0 Å². The van der Waals surface area contributed by atoms with Crippen molar-refractivity contribution >= 4 is 10.9 Å². The van der Waals surface area contributed by atoms with Gasteiger partial charge in [-0.15, -0.1) is 6.58 Å². The summed E-state index contributed by atoms with van der Waals surface area (Å²) in [6.45, 7) is 6.42. The van der Waals surface area contributed by atoms with Gasteiger partial charge in [0.1, 0.15) is 0 Å². The van der Waals surface area contributed by atoms with Crippen LogP contribution in [0.25, 0.3) is 10.9 Å². The Labute approximate surface area is 131 Å². The van der Waals surface area contributed by atoms with Crippen LogP contribution in [0.4, 0.5) is 0 Å². The SMILES string of the molecule is C=CC(CO)C1CCN2CCc3c([nH]c4ccccc34)C2C1. The molecular weight excluding hydrogens is 272 g/mol. The minimum absolute atomic E-state index is 0.223. The molecule has 0 amide bonds. The summed E-state index contributed by atoms with van der Waals surface area (Å²) in [5.74, 6) is 0.776. The van der Waals surface area contributed by atoms with E-state index in [1.165, 1.54) is 28.6 Å². The molecule has 2 aliphatic rings. The molecule has 3 unspecified atom stereocenters. The van der Waals surface area contributed by atoms with Crippen LogP contribution in [-0.4, -0.2) is 34.7 Å². The number of rotatable bonds is 3. The summed E-state index contributed by atoms with van der Waals surface area (Å²) in [5, 5.41) is 11.0. The number of aliphatic hydroxyl groups excluding tert-OH is 1. The van der Waals surface area contributed by atoms with Gasteiger partial charge in [-0.1, -0.05) is 24.3 Å². The first kappa shape index (κ1) is 14.0. The first-order valence-electron chi connectivity index (χ1n) is 8.38. The predicted octanol–water partition coefficient (Wildman–Crippen LogP) is 3.27. The molecule has 3 nitrogen and oxygen atoms in total. The summed E-state index contributed by atoms with van der Waals surface area (Å²) in [6.07, 6.45) is 5.38. The van der Waals surface area contributed by atoms with Crippen molar-refractivity contribution in [1.82, 2.24) is 9.88 Å². The molecule has 2 aromatic rings. The standard InChI is InChI=1S/C19H24N2O/c1-2-13(12-22)14-7-9-21-10-8-16-15-5-3-4-6-17(15)20-19(16)18(21)11-14/h2-6,13-14,18,20,22H,1,7-12H2. The number of hydrogen-bond acceptors (Lipinski definition) is 2. The number of piperidine rings is 1. The predicted molar refractivity (Wildman–Crippen MR) is 89.8 cm³/mol. The summed E-state index contributed by atoms with van der Waals surface area (Å²) in [4.78, 5) is 6.30. The van der Waals surface area contributed by atoms with Gasteiger partial charge in [0.25, 0.3) is 0 Å². The summed E-state index contributed by atoms with van der Waals surface area (Å²) >= 11 is 0. The summed E-state index contributed by atoms with van der Waals surface area (Å²) in [7, 11) is 0. The molecule has 1 aromatic heterocycles. The van der Waals surface area contributed by atoms with Crippen LogP contribution < -0.4 is 0 Å². The van der Waals surface area contributed by atoms with Gasteiger partial charge in [0.05, 0.1) is 6.04 Å². The van der Waals surface area contributed by atoms with Crippen molar-refractivity contribution in [2.75, 3.05) is 19.7 Å². The zero-order valence-corrected chi connectivity index (χ0v) is 13.0. The maximum Gasteiger partial charge on any atom is 0.0504 e. The number of aromatic nitrogens is 1. The van der Waals surface area contributed by atoms with Gasteiger partial charge in [-0.05, 0) is 43.4 Å². The van der Waals surface area contributed by atoms with Gasteiger partial charge in [0.15, 0.2) is 0 Å². The fourth-order valence-electron chi connectivity index (χ4n) is 4.44. The Morgan fingerprint density at radius 3 is 3.05 bits per heavy atom. The number of para-hydroxylation sites is 1. The molecule has 116 valence electrons. The van der Waals surface area contributed by atoms with E-state index >= 15 is 0 Å². The van der Waals surface area contributed by atoms with E-state index in [4.69, 9.17) is 0 Å². The van der Waals surface area contributed by atoms with E-state index in [-0.39, 0.29) is 12.5 Å². The number of aliphatic hydroxyl groups is 1. The highest BCUT2D eigenvalue weighted by molar-refractivity contribution is 5.85. The van der Waals surface area contributed by atoms with E-state index < -0.39 is 0 Å². The molecule has 3 heteroatoms. The van der Waals surface area contributed by atoms with E-state index in [2.05, 4.69) is 40.7 Å². The normalized spacial score (nSPS) is 26.4. The second kappa shape index (κ2) is 5.56. The quantitative estimate of drug-likeness (QED) is 0.853. The maximum atomic E-state index is 9.59. The molecular formula is C19H24N2O. The molecule has 4 rings (SSSR count). The molecule has 3 heterocycles. The van der Waals surface area contributed by atoms with Crippen LogP contribution in [-0.2, 0) is 6.42 Å². The van der Waals surface area contributed by atoms with Crippen molar-refractivity contribution in [1.29, 1.82) is 0 Å². The first-order valence-corrected chi connectivity index (χ1v) is 8.38. The molecule has 0 aliphatic carbocycles. The zero-order valence-electron chi connectivity index (χ0n) is 13.0. The van der Waals surface area contributed by atoms with Gasteiger partial charge in [-0.3, -0.25) is 4.90 Å². The summed E-state index contributed by atoms with van der Waals surface area (Å²) in [6, 6.07) is 9.13. The van der Waals surface area contributed by atoms with Gasteiger partial charge in [-0.2, -0.15) is 0 Å². The maximum absolute atomic E-state index is 9.59. The highest BCUT2D eigenvalue weighted by atomic mass is 16.3. The van der Waals surface area contributed by atoms with Gasteiger partial charge in [0.2, 0.25) is 0 Å². The Morgan fingerprint density at radius 2 is 2.23 bits per heavy atom. The Balaban J connectivity index is 1.70. The lowest BCUT2D eigenvalue weighted by Gasteiger charge is -2.43. The lowest BCUT2D eigenvalue weighted by molar-refractivity contribution is 0.0704. The van der Waals surface area contributed by atoms with Crippen molar-refractivity contribution in [3.63, 3.8) is 0 Å². The molecule has 0 saturated carbocycles. The number of benzene rings is 1. The van der Waals surface area contributed by atoms with Crippen LogP contribution in [0.1, 0.15) is 30.1 Å². The Hall–Kier alpha value is -1.58. The van der Waals surface area contributed by atoms with Crippen molar-refractivity contribution in [2.45, 2.75) is 25.3 Å². The van der Waals surface area contributed by atoms with Gasteiger partial charge in [-0.25, -0.2) is 0 Å². The van der Waals surface area contributed by atoms with E-state index in [1.807, 2.05) is 6.08 Å². The Bertz CT molecular complexity index is 690. The summed E-state index contributed by atoms with van der Waals surface area (Å²) < 4.78 is 0. The molecule has 3 atom stereocenters. The molecule has 1 fully saturated rings. The number of H-pyrrole nitrogens is 1. The van der Waals surface area contributed by atoms with Crippen molar-refractivity contribution in [3.05, 3.63) is 48.2 Å². The van der Waals surface area contributed by atoms with Crippen molar-refractivity contribution in [3.8, 4) is 0 Å². The molecule has 0 bridgehead atoms. The van der Waals surface area contributed by atoms with Crippen LogP contribution >= 0.6 is 0 Å². The van der Waals surface area contributed by atoms with Crippen molar-refractivity contribution < 1.29 is 5.11 Å². The molecule has 1 aromatic carbocycles. The molecule has 0 spiro atoms. The van der Waals surface area contributed by atoms with Gasteiger partial charge in [0, 0.05) is 35.7 Å². The number of nitrogens with zero attached hydrogens (tertiary/aromatic N) is 1. The average molecular weight is 296 g/mol. The summed E-state index contributed by atoms with van der Waals surface area (Å²) in [5.41, 5.74) is 4.19. The van der Waals surface area contributed by atoms with E-state index in [0.29, 0.717) is 12.0 Å². The lowest BCUT2D eigenvalue weighted by atomic mass is 9.78. The number of hydrogen-bond donors (Lipinski definition) is 2. The minimum Gasteiger partial charge on any atom is -0.396 e. The van der Waals surface area contributed by atoms with Crippen molar-refractivity contribution in [2.24, 2.45) is 11.8 Å². The number of aromatic amines is 1. The third-order valence-electron chi connectivity index (χ3n) is 5.70. The molecule has 22 heavy (non-hydrogen) atoms. The molecule has 1 saturated heterocycles. The lowest BCUT2D eigenvalue weighted by Crippen LogP contribution is -2.43. The van der Waals surface area contributed by atoms with Crippen LogP contribution in [0, 0.1) is 11.8 Å². The monoisotopic (exact) mass is 296 g/mol. The highest BCUT2D eigenvalue weighted by Crippen LogP contribution is 2.42. The van der Waals surface area contributed by atoms with E-state index in [0.717, 1.165) is 25.9 Å². The molecule has 0 radical (unpaired) electrons. The van der Waals surface area contributed by atoms with Crippen LogP contribution in [0.2, 0.25) is 0 Å². The fourth-order valence-corrected chi connectivity index (χ4v) is 4.44. The van der Waals surface area contributed by atoms with Gasteiger partial charge < -0.3 is 10.1 Å². The van der Waals surface area contributed by atoms with Crippen LogP contribution in [0.5, 0.6) is 0 Å². The minimum atomic E-state index is 0.223. The Kier molecular flexibility index (Phi) is 3.55. The van der Waals surface area contributed by atoms with Crippen LogP contribution in [0.3, 0.4) is 0 Å². The average Bonchev–Trinajstić information content (AvgIpc) is 2.95. The number of fused-ring (bicyclic) bond motifs is 5. The molecule has 2 N–H and O–H groups in total. The fraction of sp³-hybridized carbons (Fsp3) is 0.474. The number of nitrogens with one attached hydrogen (secondary N) is 1. The van der Waals surface area contributed by atoms with E-state index in [9.17, 15) is 5.11 Å². The topological polar surface area (TPSA) is 39.3 Å². The smallest absolute Gasteiger partial charge is 0.0504 e. The second-order valence-electron chi connectivity index (χ2n) is 6.73. The second-order valence-corrected chi connectivity index (χ2v) is 6.73. The molecule has 2 aliphatic heterocycles. The largest absolute Gasteiger partial charge is 0.396 e.